The number of hydrogen-bond donors (Lipinski definition) is 1. The van der Waals surface area contributed by atoms with Crippen molar-refractivity contribution in [1.29, 1.82) is 0 Å². The van der Waals surface area contributed by atoms with E-state index in [2.05, 4.69) is 67.7 Å². The maximum atomic E-state index is 4.46. The predicted molar refractivity (Wildman–Crippen MR) is 108 cm³/mol. The van der Waals surface area contributed by atoms with Crippen LogP contribution in [0.5, 0.6) is 0 Å². The Morgan fingerprint density at radius 2 is 1.35 bits per heavy atom. The summed E-state index contributed by atoms with van der Waals surface area (Å²) in [6.07, 6.45) is 0. The quantitative estimate of drug-likeness (QED) is 0.599. The number of aryl methyl sites for hydroxylation is 5. The maximum Gasteiger partial charge on any atom is 0.106 e. The van der Waals surface area contributed by atoms with Gasteiger partial charge in [-0.2, -0.15) is 0 Å². The molecular weight excluding hydrogens is 322 g/mol. The van der Waals surface area contributed by atoms with E-state index < -0.39 is 0 Å². The molecule has 0 aliphatic carbocycles. The van der Waals surface area contributed by atoms with E-state index in [1.807, 2.05) is 35.0 Å². The van der Waals surface area contributed by atoms with Gasteiger partial charge in [-0.25, -0.2) is 9.97 Å². The van der Waals surface area contributed by atoms with Gasteiger partial charge in [-0.05, 0) is 63.2 Å². The number of nitrogens with zero attached hydrogens (tertiary/aromatic N) is 4. The van der Waals surface area contributed by atoms with E-state index in [1.165, 1.54) is 22.2 Å². The SMILES string of the molecule is CNCc1ccc2nc(C)n(C)c2c1.Cc1ccc2nc(C)n(C)c2c1. The van der Waals surface area contributed by atoms with Gasteiger partial charge in [0.15, 0.2) is 0 Å². The summed E-state index contributed by atoms with van der Waals surface area (Å²) < 4.78 is 4.23. The lowest BCUT2D eigenvalue weighted by Crippen LogP contribution is -2.04. The van der Waals surface area contributed by atoms with Gasteiger partial charge in [0.25, 0.3) is 0 Å². The minimum absolute atomic E-state index is 0.903. The van der Waals surface area contributed by atoms with Gasteiger partial charge < -0.3 is 14.5 Å². The van der Waals surface area contributed by atoms with Crippen molar-refractivity contribution in [3.63, 3.8) is 0 Å². The molecule has 26 heavy (non-hydrogen) atoms. The number of fused-ring (bicyclic) bond motifs is 2. The van der Waals surface area contributed by atoms with Crippen molar-refractivity contribution in [2.75, 3.05) is 7.05 Å². The standard InChI is InChI=1S/C11H15N3.C10H12N2/c1-8-13-10-5-4-9(7-12-2)6-11(10)14(8)3;1-7-4-5-9-10(6-7)12(3)8(2)11-9/h4-6,12H,7H2,1-3H3;4-6H,1-3H3. The van der Waals surface area contributed by atoms with Crippen LogP contribution in [0.1, 0.15) is 22.8 Å². The third kappa shape index (κ3) is 3.48. The molecule has 0 aliphatic heterocycles. The van der Waals surface area contributed by atoms with Crippen molar-refractivity contribution >= 4 is 22.1 Å². The van der Waals surface area contributed by atoms with Crippen molar-refractivity contribution in [3.8, 4) is 0 Å². The number of nitrogens with one attached hydrogen (secondary N) is 1. The number of benzene rings is 2. The first-order valence-corrected chi connectivity index (χ1v) is 8.87. The molecule has 2 aromatic heterocycles. The average molecular weight is 349 g/mol. The van der Waals surface area contributed by atoms with Crippen LogP contribution in [0.3, 0.4) is 0 Å². The molecule has 4 rings (SSSR count). The van der Waals surface area contributed by atoms with Gasteiger partial charge in [-0.3, -0.25) is 0 Å². The molecule has 4 aromatic rings. The maximum absolute atomic E-state index is 4.46. The van der Waals surface area contributed by atoms with Crippen molar-refractivity contribution in [1.82, 2.24) is 24.4 Å². The molecule has 0 fully saturated rings. The van der Waals surface area contributed by atoms with Gasteiger partial charge in [0.2, 0.25) is 0 Å². The van der Waals surface area contributed by atoms with E-state index >= 15 is 0 Å². The second kappa shape index (κ2) is 7.30. The lowest BCUT2D eigenvalue weighted by Gasteiger charge is -2.01. The Morgan fingerprint density at radius 3 is 1.92 bits per heavy atom. The highest BCUT2D eigenvalue weighted by atomic mass is 15.1. The highest BCUT2D eigenvalue weighted by molar-refractivity contribution is 5.77. The van der Waals surface area contributed by atoms with Crippen LogP contribution in [0.15, 0.2) is 36.4 Å². The minimum Gasteiger partial charge on any atom is -0.331 e. The molecular formula is C21H27N5. The molecule has 0 bridgehead atoms. The normalized spacial score (nSPS) is 11.0. The van der Waals surface area contributed by atoms with Gasteiger partial charge in [-0.15, -0.1) is 0 Å². The Labute approximate surface area is 154 Å². The average Bonchev–Trinajstić information content (AvgIpc) is 3.06. The summed E-state index contributed by atoms with van der Waals surface area (Å²) in [7, 11) is 6.05. The van der Waals surface area contributed by atoms with E-state index in [0.29, 0.717) is 0 Å². The molecule has 2 aromatic carbocycles. The Hall–Kier alpha value is -2.66. The summed E-state index contributed by atoms with van der Waals surface area (Å²) >= 11 is 0. The monoisotopic (exact) mass is 349 g/mol. The van der Waals surface area contributed by atoms with E-state index in [-0.39, 0.29) is 0 Å². The molecule has 5 heteroatoms. The lowest BCUT2D eigenvalue weighted by molar-refractivity contribution is 0.817. The van der Waals surface area contributed by atoms with Crippen LogP contribution < -0.4 is 5.32 Å². The number of imidazole rings is 2. The summed E-state index contributed by atoms with van der Waals surface area (Å²) in [5.74, 6) is 2.12. The van der Waals surface area contributed by atoms with Crippen LogP contribution in [0.4, 0.5) is 0 Å². The Morgan fingerprint density at radius 1 is 0.808 bits per heavy atom. The molecule has 2 heterocycles. The summed E-state index contributed by atoms with van der Waals surface area (Å²) in [5.41, 5.74) is 7.15. The van der Waals surface area contributed by atoms with Crippen LogP contribution in [0.2, 0.25) is 0 Å². The van der Waals surface area contributed by atoms with Gasteiger partial charge in [0.05, 0.1) is 22.1 Å². The second-order valence-corrected chi connectivity index (χ2v) is 6.78. The smallest absolute Gasteiger partial charge is 0.106 e. The largest absolute Gasteiger partial charge is 0.331 e. The number of hydrogen-bond acceptors (Lipinski definition) is 3. The first-order valence-electron chi connectivity index (χ1n) is 8.87. The van der Waals surface area contributed by atoms with Crippen LogP contribution in [0.25, 0.3) is 22.1 Å². The zero-order valence-corrected chi connectivity index (χ0v) is 16.5. The van der Waals surface area contributed by atoms with Crippen LogP contribution in [0, 0.1) is 20.8 Å². The van der Waals surface area contributed by atoms with Crippen molar-refractivity contribution in [3.05, 3.63) is 59.2 Å². The van der Waals surface area contributed by atoms with Crippen molar-refractivity contribution in [2.45, 2.75) is 27.3 Å². The third-order valence-corrected chi connectivity index (χ3v) is 4.81. The molecule has 136 valence electrons. The topological polar surface area (TPSA) is 47.7 Å². The van der Waals surface area contributed by atoms with E-state index in [9.17, 15) is 0 Å². The molecule has 0 aliphatic rings. The fraction of sp³-hybridized carbons (Fsp3) is 0.333. The summed E-state index contributed by atoms with van der Waals surface area (Å²) in [6.45, 7) is 7.05. The molecule has 5 nitrogen and oxygen atoms in total. The van der Waals surface area contributed by atoms with Crippen molar-refractivity contribution < 1.29 is 0 Å². The molecule has 0 atom stereocenters. The van der Waals surface area contributed by atoms with Crippen LogP contribution >= 0.6 is 0 Å². The molecule has 1 N–H and O–H groups in total. The highest BCUT2D eigenvalue weighted by Crippen LogP contribution is 2.16. The molecule has 0 saturated heterocycles. The summed E-state index contributed by atoms with van der Waals surface area (Å²) in [5, 5.41) is 3.15. The predicted octanol–water partition coefficient (Wildman–Crippen LogP) is 3.79. The second-order valence-electron chi connectivity index (χ2n) is 6.78. The first-order chi connectivity index (χ1) is 12.4. The first kappa shape index (κ1) is 18.1. The summed E-state index contributed by atoms with van der Waals surface area (Å²) in [4.78, 5) is 8.87. The van der Waals surface area contributed by atoms with Gasteiger partial charge in [0.1, 0.15) is 11.6 Å². The zero-order chi connectivity index (χ0) is 18.8. The van der Waals surface area contributed by atoms with Gasteiger partial charge in [0, 0.05) is 20.6 Å². The number of rotatable bonds is 2. The molecule has 0 spiro atoms. The Balaban J connectivity index is 0.000000152. The van der Waals surface area contributed by atoms with Gasteiger partial charge >= 0.3 is 0 Å². The third-order valence-electron chi connectivity index (χ3n) is 4.81. The fourth-order valence-corrected chi connectivity index (χ4v) is 3.09. The van der Waals surface area contributed by atoms with E-state index in [1.54, 1.807) is 0 Å². The molecule has 0 saturated carbocycles. The Kier molecular flexibility index (Phi) is 5.09. The van der Waals surface area contributed by atoms with Gasteiger partial charge in [-0.1, -0.05) is 12.1 Å². The van der Waals surface area contributed by atoms with Crippen LogP contribution in [-0.2, 0) is 20.6 Å². The lowest BCUT2D eigenvalue weighted by atomic mass is 10.2. The molecule has 0 unspecified atom stereocenters. The fourth-order valence-electron chi connectivity index (χ4n) is 3.09. The van der Waals surface area contributed by atoms with E-state index in [0.717, 1.165) is 29.2 Å². The number of aromatic nitrogens is 4. The minimum atomic E-state index is 0.903. The molecule has 0 radical (unpaired) electrons. The van der Waals surface area contributed by atoms with Crippen molar-refractivity contribution in [2.24, 2.45) is 14.1 Å². The molecule has 0 amide bonds. The zero-order valence-electron chi connectivity index (χ0n) is 16.5. The highest BCUT2D eigenvalue weighted by Gasteiger charge is 2.04. The summed E-state index contributed by atoms with van der Waals surface area (Å²) in [6, 6.07) is 12.7. The van der Waals surface area contributed by atoms with Crippen LogP contribution in [-0.4, -0.2) is 26.1 Å². The van der Waals surface area contributed by atoms with E-state index in [4.69, 9.17) is 0 Å². The Bertz CT molecular complexity index is 1060.